The predicted octanol–water partition coefficient (Wildman–Crippen LogP) is 6.19. The number of carbonyl (C=O) groups excluding carboxylic acids is 5. The topological polar surface area (TPSA) is 173 Å². The lowest BCUT2D eigenvalue weighted by Crippen LogP contribution is -2.58. The van der Waals surface area contributed by atoms with Gasteiger partial charge in [0.25, 0.3) is 17.7 Å². The number of imide groups is 2. The minimum absolute atomic E-state index is 0.0136. The lowest BCUT2D eigenvalue weighted by molar-refractivity contribution is -0.136. The van der Waals surface area contributed by atoms with Gasteiger partial charge in [-0.2, -0.15) is 0 Å². The molecule has 65 heavy (non-hydrogen) atoms. The minimum Gasteiger partial charge on any atom is -0.361 e. The van der Waals surface area contributed by atoms with Gasteiger partial charge in [-0.25, -0.2) is 14.4 Å². The highest BCUT2D eigenvalue weighted by molar-refractivity contribution is 6.23. The Morgan fingerprint density at radius 2 is 1.60 bits per heavy atom. The number of hydrogen-bond donors (Lipinski definition) is 3. The fraction of sp³-hybridized carbons (Fsp3) is 0.347. The van der Waals surface area contributed by atoms with Crippen LogP contribution in [0.1, 0.15) is 81.7 Å². The zero-order valence-corrected chi connectivity index (χ0v) is 36.6. The molecule has 6 heterocycles. The molecule has 5 amide bonds. The largest absolute Gasteiger partial charge is 0.361 e. The molecule has 3 N–H and O–H groups in total. The summed E-state index contributed by atoms with van der Waals surface area (Å²) in [7, 11) is 0. The highest BCUT2D eigenvalue weighted by Gasteiger charge is 2.46. The summed E-state index contributed by atoms with van der Waals surface area (Å²) in [5, 5.41) is 8.51. The first-order chi connectivity index (χ1) is 31.4. The average Bonchev–Trinajstić information content (AvgIpc) is 3.52. The molecule has 0 saturated carbocycles. The number of piperidine rings is 2. The number of likely N-dealkylation sites (tertiary alicyclic amines) is 1. The Balaban J connectivity index is 0.746. The summed E-state index contributed by atoms with van der Waals surface area (Å²) in [6.45, 7) is 11.2. The molecule has 15 nitrogen and oxygen atoms in total. The van der Waals surface area contributed by atoms with Gasteiger partial charge in [-0.15, -0.1) is 0 Å². The van der Waals surface area contributed by atoms with Crippen molar-refractivity contribution < 1.29 is 28.4 Å². The molecule has 4 aliphatic heterocycles. The lowest BCUT2D eigenvalue weighted by atomic mass is 9.94. The maximum atomic E-state index is 15.8. The molecular weight excluding hydrogens is 828 g/mol. The van der Waals surface area contributed by atoms with Crippen LogP contribution in [-0.2, 0) is 16.1 Å². The number of aryl methyl sites for hydroxylation is 1. The molecule has 5 aromatic rings. The first-order valence-corrected chi connectivity index (χ1v) is 22.2. The average molecular weight is 879 g/mol. The summed E-state index contributed by atoms with van der Waals surface area (Å²) in [6, 6.07) is 20.4. The van der Waals surface area contributed by atoms with Crippen LogP contribution in [0.25, 0.3) is 11.3 Å². The zero-order chi connectivity index (χ0) is 45.4. The van der Waals surface area contributed by atoms with Gasteiger partial charge < -0.3 is 15.5 Å². The van der Waals surface area contributed by atoms with Gasteiger partial charge in [-0.1, -0.05) is 18.2 Å². The lowest BCUT2D eigenvalue weighted by Gasteiger charge is -2.47. The van der Waals surface area contributed by atoms with E-state index in [0.717, 1.165) is 91.1 Å². The molecule has 0 bridgehead atoms. The molecule has 16 heteroatoms. The number of piperazine rings is 1. The molecule has 3 unspecified atom stereocenters. The van der Waals surface area contributed by atoms with E-state index in [0.29, 0.717) is 23.1 Å². The summed E-state index contributed by atoms with van der Waals surface area (Å²) < 4.78 is 15.8. The molecule has 2 aromatic heterocycles. The number of aromatic nitrogens is 3. The van der Waals surface area contributed by atoms with Crippen molar-refractivity contribution in [2.75, 3.05) is 48.3 Å². The van der Waals surface area contributed by atoms with Crippen molar-refractivity contribution in [2.45, 2.75) is 71.1 Å². The van der Waals surface area contributed by atoms with Crippen LogP contribution in [0.4, 0.5) is 27.4 Å². The van der Waals surface area contributed by atoms with Crippen molar-refractivity contribution in [3.63, 3.8) is 0 Å². The first kappa shape index (κ1) is 43.3. The van der Waals surface area contributed by atoms with Gasteiger partial charge in [-0.05, 0) is 125 Å². The second-order valence-corrected chi connectivity index (χ2v) is 17.7. The number of fused-ring (bicyclic) bond motifs is 1. The monoisotopic (exact) mass is 878 g/mol. The van der Waals surface area contributed by atoms with Crippen LogP contribution in [0, 0.1) is 18.7 Å². The maximum absolute atomic E-state index is 15.8. The molecule has 0 aliphatic carbocycles. The number of amides is 5. The molecule has 334 valence electrons. The van der Waals surface area contributed by atoms with Crippen LogP contribution in [0.5, 0.6) is 0 Å². The third kappa shape index (κ3) is 9.22. The standard InChI is InChI=1S/C49H51FN10O5/c1-29-6-11-36(21-41(29)55-49-52-18-14-40(54-49)35-5-4-17-51-24-35)53-45(62)34-9-7-32(8-10-34)27-57-19-15-33(16-20-57)28-58-25-30(2)59(31(3)26-58)43-23-38-37(22-39(43)50)47(64)60(48(38)65)42-12-13-44(61)56-46(42)63/h4-11,14,17-18,21-24,30-31,33,42H,12-13,15-16,19-20,25-28H2,1-3H3,(H,53,62)(H,52,54,55)(H,56,61,63). The van der Waals surface area contributed by atoms with Crippen molar-refractivity contribution in [2.24, 2.45) is 5.92 Å². The Bertz CT molecular complexity index is 2640. The van der Waals surface area contributed by atoms with Crippen molar-refractivity contribution in [3.05, 3.63) is 125 Å². The van der Waals surface area contributed by atoms with Gasteiger partial charge >= 0.3 is 0 Å². The van der Waals surface area contributed by atoms with Crippen molar-refractivity contribution in [3.8, 4) is 11.3 Å². The molecular formula is C49H51FN10O5. The van der Waals surface area contributed by atoms with Gasteiger partial charge in [-0.3, -0.25) is 49.0 Å². The Labute approximate surface area is 376 Å². The zero-order valence-electron chi connectivity index (χ0n) is 36.6. The first-order valence-electron chi connectivity index (χ1n) is 22.2. The van der Waals surface area contributed by atoms with Crippen LogP contribution in [-0.4, -0.2) is 110 Å². The fourth-order valence-corrected chi connectivity index (χ4v) is 9.70. The van der Waals surface area contributed by atoms with Gasteiger partial charge in [0, 0.05) is 85.8 Å². The molecule has 3 atom stereocenters. The molecule has 3 saturated heterocycles. The number of nitrogens with one attached hydrogen (secondary N) is 3. The van der Waals surface area contributed by atoms with Crippen LogP contribution in [0.2, 0.25) is 0 Å². The molecule has 3 aromatic carbocycles. The van der Waals surface area contributed by atoms with Crippen LogP contribution in [0.3, 0.4) is 0 Å². The number of pyridine rings is 1. The number of halogens is 1. The second kappa shape index (κ2) is 18.3. The van der Waals surface area contributed by atoms with Crippen LogP contribution in [0.15, 0.2) is 91.4 Å². The van der Waals surface area contributed by atoms with E-state index in [1.807, 2.05) is 86.3 Å². The van der Waals surface area contributed by atoms with E-state index in [-0.39, 0.29) is 47.6 Å². The van der Waals surface area contributed by atoms with Gasteiger partial charge in [0.2, 0.25) is 17.8 Å². The molecule has 9 rings (SSSR count). The van der Waals surface area contributed by atoms with Crippen molar-refractivity contribution >= 4 is 52.5 Å². The Hall–Kier alpha value is -6.91. The highest BCUT2D eigenvalue weighted by atomic mass is 19.1. The van der Waals surface area contributed by atoms with E-state index in [1.165, 1.54) is 6.07 Å². The molecule has 0 radical (unpaired) electrons. The third-order valence-electron chi connectivity index (χ3n) is 13.0. The Morgan fingerprint density at radius 1 is 0.862 bits per heavy atom. The molecule has 0 spiro atoms. The number of hydrogen-bond acceptors (Lipinski definition) is 12. The predicted molar refractivity (Wildman–Crippen MR) is 243 cm³/mol. The van der Waals surface area contributed by atoms with E-state index in [9.17, 15) is 24.0 Å². The summed E-state index contributed by atoms with van der Waals surface area (Å²) in [5.41, 5.74) is 6.02. The second-order valence-electron chi connectivity index (χ2n) is 17.7. The minimum atomic E-state index is -1.11. The Kier molecular flexibility index (Phi) is 12.2. The fourth-order valence-electron chi connectivity index (χ4n) is 9.70. The van der Waals surface area contributed by atoms with E-state index in [1.54, 1.807) is 18.6 Å². The smallest absolute Gasteiger partial charge is 0.262 e. The summed E-state index contributed by atoms with van der Waals surface area (Å²) in [5.74, 6) is -2.35. The van der Waals surface area contributed by atoms with E-state index in [4.69, 9.17) is 0 Å². The highest BCUT2D eigenvalue weighted by Crippen LogP contribution is 2.36. The summed E-state index contributed by atoms with van der Waals surface area (Å²) >= 11 is 0. The number of nitrogens with zero attached hydrogens (tertiary/aromatic N) is 7. The number of benzene rings is 3. The number of carbonyl (C=O) groups is 5. The molecule has 3 fully saturated rings. The Morgan fingerprint density at radius 3 is 2.31 bits per heavy atom. The van der Waals surface area contributed by atoms with E-state index < -0.39 is 35.5 Å². The van der Waals surface area contributed by atoms with E-state index in [2.05, 4.69) is 40.7 Å². The van der Waals surface area contributed by atoms with Crippen molar-refractivity contribution in [1.29, 1.82) is 0 Å². The quantitative estimate of drug-likeness (QED) is 0.129. The van der Waals surface area contributed by atoms with Crippen molar-refractivity contribution in [1.82, 2.24) is 35.0 Å². The van der Waals surface area contributed by atoms with E-state index >= 15 is 4.39 Å². The number of anilines is 4. The van der Waals surface area contributed by atoms with Gasteiger partial charge in [0.05, 0.1) is 22.5 Å². The molecule has 4 aliphatic rings. The summed E-state index contributed by atoms with van der Waals surface area (Å²) in [4.78, 5) is 85.3. The number of rotatable bonds is 11. The van der Waals surface area contributed by atoms with Gasteiger partial charge in [0.1, 0.15) is 11.9 Å². The SMILES string of the molecule is Cc1ccc(NC(=O)c2ccc(CN3CCC(CN4CC(C)N(c5cc6c(cc5F)C(=O)N(C5CCC(=O)NC5=O)C6=O)C(C)C4)CC3)cc2)cc1Nc1nccc(-c2cccnc2)n1. The summed E-state index contributed by atoms with van der Waals surface area (Å²) in [6.07, 6.45) is 7.33. The van der Waals surface area contributed by atoms with Gasteiger partial charge in [0.15, 0.2) is 0 Å². The van der Waals surface area contributed by atoms with Crippen LogP contribution >= 0.6 is 0 Å². The van der Waals surface area contributed by atoms with Crippen LogP contribution < -0.4 is 20.9 Å². The normalized spacial score (nSPS) is 20.8. The maximum Gasteiger partial charge on any atom is 0.262 e. The third-order valence-corrected chi connectivity index (χ3v) is 13.0.